The van der Waals surface area contributed by atoms with Gasteiger partial charge in [0.15, 0.2) is 0 Å². The number of hydrogen-bond acceptors (Lipinski definition) is 5. The normalized spacial score (nSPS) is 10.2. The number of carbonyl (C=O) groups excluding carboxylic acids is 1. The van der Waals surface area contributed by atoms with Crippen LogP contribution in [0, 0.1) is 6.92 Å². The lowest BCUT2D eigenvalue weighted by molar-refractivity contribution is 0.0467. The maximum absolute atomic E-state index is 12.6. The summed E-state index contributed by atoms with van der Waals surface area (Å²) < 4.78 is 16.6. The third-order valence-corrected chi connectivity index (χ3v) is 3.76. The van der Waals surface area contributed by atoms with Crippen LogP contribution in [0.15, 0.2) is 67.0 Å². The first-order valence-corrected chi connectivity index (χ1v) is 8.15. The zero-order valence-electron chi connectivity index (χ0n) is 14.6. The van der Waals surface area contributed by atoms with E-state index in [0.29, 0.717) is 22.8 Å². The van der Waals surface area contributed by atoms with Gasteiger partial charge in [0.05, 0.1) is 13.3 Å². The fourth-order valence-electron chi connectivity index (χ4n) is 2.50. The molecule has 132 valence electrons. The average Bonchev–Trinajstić information content (AvgIpc) is 2.67. The molecule has 0 fully saturated rings. The topological polar surface area (TPSA) is 57.7 Å². The molecule has 5 nitrogen and oxygen atoms in total. The molecule has 0 amide bonds. The second kappa shape index (κ2) is 8.16. The van der Waals surface area contributed by atoms with Crippen LogP contribution >= 0.6 is 0 Å². The molecule has 2 aromatic carbocycles. The number of pyridine rings is 1. The minimum absolute atomic E-state index is 0.116. The number of ether oxygens (including phenoxy) is 3. The van der Waals surface area contributed by atoms with Gasteiger partial charge in [0.25, 0.3) is 0 Å². The van der Waals surface area contributed by atoms with E-state index in [0.717, 1.165) is 11.1 Å². The Bertz CT molecular complexity index is 894. The van der Waals surface area contributed by atoms with E-state index in [2.05, 4.69) is 4.98 Å². The first kappa shape index (κ1) is 17.5. The van der Waals surface area contributed by atoms with Crippen molar-refractivity contribution in [2.24, 2.45) is 0 Å². The Hall–Kier alpha value is -3.34. The highest BCUT2D eigenvalue weighted by molar-refractivity contribution is 5.92. The van der Waals surface area contributed by atoms with Crippen LogP contribution in [-0.2, 0) is 11.3 Å². The third-order valence-electron chi connectivity index (χ3n) is 3.76. The number of methoxy groups -OCH3 is 1. The van der Waals surface area contributed by atoms with Crippen molar-refractivity contribution in [3.63, 3.8) is 0 Å². The Morgan fingerprint density at radius 2 is 1.88 bits per heavy atom. The van der Waals surface area contributed by atoms with Crippen molar-refractivity contribution in [3.8, 4) is 17.2 Å². The minimum atomic E-state index is -0.465. The van der Waals surface area contributed by atoms with E-state index in [4.69, 9.17) is 14.2 Å². The van der Waals surface area contributed by atoms with Crippen molar-refractivity contribution in [2.75, 3.05) is 7.11 Å². The predicted molar refractivity (Wildman–Crippen MR) is 97.6 cm³/mol. The number of para-hydroxylation sites is 1. The predicted octanol–water partition coefficient (Wildman–Crippen LogP) is 4.55. The van der Waals surface area contributed by atoms with Crippen LogP contribution in [0.2, 0.25) is 0 Å². The minimum Gasteiger partial charge on any atom is -0.496 e. The lowest BCUT2D eigenvalue weighted by atomic mass is 10.1. The number of hydrogen-bond donors (Lipinski definition) is 0. The summed E-state index contributed by atoms with van der Waals surface area (Å²) in [6.45, 7) is 2.09. The number of benzene rings is 2. The molecule has 0 N–H and O–H groups in total. The van der Waals surface area contributed by atoms with Crippen LogP contribution in [0.25, 0.3) is 0 Å². The summed E-state index contributed by atoms with van der Waals surface area (Å²) in [6.07, 6.45) is 3.24. The van der Waals surface area contributed by atoms with Gasteiger partial charge < -0.3 is 14.2 Å². The van der Waals surface area contributed by atoms with Gasteiger partial charge in [-0.05, 0) is 43.3 Å². The summed E-state index contributed by atoms with van der Waals surface area (Å²) in [7, 11) is 1.59. The maximum Gasteiger partial charge on any atom is 0.342 e. The second-order valence-corrected chi connectivity index (χ2v) is 5.68. The molecule has 26 heavy (non-hydrogen) atoms. The first-order chi connectivity index (χ1) is 12.7. The van der Waals surface area contributed by atoms with Crippen LogP contribution < -0.4 is 9.47 Å². The number of esters is 1. The Morgan fingerprint density at radius 1 is 1.04 bits per heavy atom. The van der Waals surface area contributed by atoms with Crippen molar-refractivity contribution in [1.82, 2.24) is 4.98 Å². The highest BCUT2D eigenvalue weighted by Gasteiger charge is 2.15. The molecule has 0 spiro atoms. The lowest BCUT2D eigenvalue weighted by Crippen LogP contribution is -2.07. The summed E-state index contributed by atoms with van der Waals surface area (Å²) >= 11 is 0. The summed E-state index contributed by atoms with van der Waals surface area (Å²) in [4.78, 5) is 16.6. The molecule has 1 aromatic heterocycles. The van der Waals surface area contributed by atoms with Gasteiger partial charge in [0, 0.05) is 11.8 Å². The van der Waals surface area contributed by atoms with Crippen LogP contribution in [0.1, 0.15) is 21.5 Å². The molecule has 0 unspecified atom stereocenters. The van der Waals surface area contributed by atoms with Crippen molar-refractivity contribution >= 4 is 5.97 Å². The third kappa shape index (κ3) is 4.19. The first-order valence-electron chi connectivity index (χ1n) is 8.15. The lowest BCUT2D eigenvalue weighted by Gasteiger charge is -2.12. The summed E-state index contributed by atoms with van der Waals surface area (Å²) in [5.74, 6) is 1.19. The molecular weight excluding hydrogens is 330 g/mol. The number of nitrogens with zero attached hydrogens (tertiary/aromatic N) is 1. The molecular formula is C21H19NO4. The van der Waals surface area contributed by atoms with Gasteiger partial charge >= 0.3 is 5.97 Å². The number of carbonyl (C=O) groups is 1. The average molecular weight is 349 g/mol. The monoisotopic (exact) mass is 349 g/mol. The molecule has 0 saturated carbocycles. The summed E-state index contributed by atoms with van der Waals surface area (Å²) in [5.41, 5.74) is 2.23. The van der Waals surface area contributed by atoms with E-state index in [-0.39, 0.29) is 6.61 Å². The number of rotatable bonds is 6. The van der Waals surface area contributed by atoms with Crippen LogP contribution in [0.3, 0.4) is 0 Å². The molecule has 0 saturated heterocycles. The van der Waals surface area contributed by atoms with Gasteiger partial charge in [0.1, 0.15) is 29.4 Å². The summed E-state index contributed by atoms with van der Waals surface area (Å²) in [5, 5.41) is 0. The Balaban J connectivity index is 1.75. The van der Waals surface area contributed by atoms with Crippen LogP contribution in [0.5, 0.6) is 17.2 Å². The van der Waals surface area contributed by atoms with Gasteiger partial charge in [-0.25, -0.2) is 4.79 Å². The van der Waals surface area contributed by atoms with Gasteiger partial charge in [-0.2, -0.15) is 0 Å². The zero-order valence-corrected chi connectivity index (χ0v) is 14.6. The Labute approximate surface area is 152 Å². The zero-order chi connectivity index (χ0) is 18.4. The van der Waals surface area contributed by atoms with Crippen LogP contribution in [0.4, 0.5) is 0 Å². The Kier molecular flexibility index (Phi) is 5.49. The van der Waals surface area contributed by atoms with E-state index < -0.39 is 5.97 Å². The highest BCUT2D eigenvalue weighted by Crippen LogP contribution is 2.26. The van der Waals surface area contributed by atoms with E-state index in [1.54, 1.807) is 55.9 Å². The number of aromatic nitrogens is 1. The fraction of sp³-hybridized carbons (Fsp3) is 0.143. The molecule has 0 bridgehead atoms. The van der Waals surface area contributed by atoms with Gasteiger partial charge in [0.2, 0.25) is 0 Å². The quantitative estimate of drug-likeness (QED) is 0.611. The Morgan fingerprint density at radius 3 is 2.65 bits per heavy atom. The molecule has 0 aliphatic rings. The molecule has 0 aliphatic heterocycles. The second-order valence-electron chi connectivity index (χ2n) is 5.68. The largest absolute Gasteiger partial charge is 0.496 e. The molecule has 3 aromatic rings. The maximum atomic E-state index is 12.6. The molecule has 1 heterocycles. The molecule has 0 radical (unpaired) electrons. The van der Waals surface area contributed by atoms with Crippen molar-refractivity contribution in [3.05, 3.63) is 83.7 Å². The molecule has 3 rings (SSSR count). The van der Waals surface area contributed by atoms with E-state index in [1.807, 2.05) is 25.1 Å². The van der Waals surface area contributed by atoms with Gasteiger partial charge in [-0.3, -0.25) is 4.98 Å². The molecule has 5 heteroatoms. The fourth-order valence-corrected chi connectivity index (χ4v) is 2.50. The van der Waals surface area contributed by atoms with Crippen molar-refractivity contribution < 1.29 is 19.0 Å². The number of aryl methyl sites for hydroxylation is 1. The standard InChI is InChI=1S/C21H19NO4/c1-15-9-10-19(24-2)16(12-15)14-25-21(23)18-7-3-4-8-20(18)26-17-6-5-11-22-13-17/h3-13H,14H2,1-2H3. The van der Waals surface area contributed by atoms with Crippen molar-refractivity contribution in [1.29, 1.82) is 0 Å². The van der Waals surface area contributed by atoms with E-state index >= 15 is 0 Å². The van der Waals surface area contributed by atoms with Gasteiger partial charge in [-0.1, -0.05) is 23.8 Å². The smallest absolute Gasteiger partial charge is 0.342 e. The summed E-state index contributed by atoms with van der Waals surface area (Å²) in [6, 6.07) is 16.2. The van der Waals surface area contributed by atoms with Crippen molar-refractivity contribution in [2.45, 2.75) is 13.5 Å². The van der Waals surface area contributed by atoms with E-state index in [1.165, 1.54) is 0 Å². The van der Waals surface area contributed by atoms with Crippen LogP contribution in [-0.4, -0.2) is 18.1 Å². The van der Waals surface area contributed by atoms with E-state index in [9.17, 15) is 4.79 Å². The van der Waals surface area contributed by atoms with Gasteiger partial charge in [-0.15, -0.1) is 0 Å². The molecule has 0 atom stereocenters. The SMILES string of the molecule is COc1ccc(C)cc1COC(=O)c1ccccc1Oc1cccnc1. The highest BCUT2D eigenvalue weighted by atomic mass is 16.5. The molecule has 0 aliphatic carbocycles.